The van der Waals surface area contributed by atoms with Gasteiger partial charge in [-0.05, 0) is 19.1 Å². The van der Waals surface area contributed by atoms with Gasteiger partial charge in [0.2, 0.25) is 5.91 Å². The molecule has 0 fully saturated rings. The third-order valence-corrected chi connectivity index (χ3v) is 2.82. The lowest BCUT2D eigenvalue weighted by molar-refractivity contribution is -0.316. The average Bonchev–Trinajstić information content (AvgIpc) is 2.19. The zero-order valence-corrected chi connectivity index (χ0v) is 9.19. The van der Waals surface area contributed by atoms with Gasteiger partial charge in [0, 0.05) is 6.20 Å². The Bertz CT molecular complexity index is 467. The third-order valence-electron chi connectivity index (χ3n) is 2.60. The largest absolute Gasteiger partial charge is 0.548 e. The Morgan fingerprint density at radius 2 is 2.31 bits per heavy atom. The Labute approximate surface area is 96.7 Å². The molecule has 2 aliphatic rings. The lowest BCUT2D eigenvalue weighted by atomic mass is 9.92. The highest BCUT2D eigenvalue weighted by Gasteiger charge is 2.40. The summed E-state index contributed by atoms with van der Waals surface area (Å²) in [6, 6.07) is 0. The Morgan fingerprint density at radius 3 is 2.94 bits per heavy atom. The van der Waals surface area contributed by atoms with Crippen molar-refractivity contribution in [3.63, 3.8) is 0 Å². The van der Waals surface area contributed by atoms with Crippen LogP contribution in [0.3, 0.4) is 0 Å². The van der Waals surface area contributed by atoms with Crippen LogP contribution in [-0.2, 0) is 9.59 Å². The molecule has 0 aromatic heterocycles. The molecule has 0 unspecified atom stereocenters. The second-order valence-electron chi connectivity index (χ2n) is 3.82. The fraction of sp³-hybridized carbons (Fsp3) is 0.300. The average molecular weight is 240 g/mol. The number of carboxylic acid groups (broad SMARTS) is 1. The van der Waals surface area contributed by atoms with E-state index in [-0.39, 0.29) is 12.3 Å². The smallest absolute Gasteiger partial charge is 0.250 e. The van der Waals surface area contributed by atoms with Crippen molar-refractivity contribution >= 4 is 29.3 Å². The van der Waals surface area contributed by atoms with E-state index in [4.69, 9.17) is 11.6 Å². The number of amidine groups is 1. The summed E-state index contributed by atoms with van der Waals surface area (Å²) in [4.78, 5) is 27.5. The molecule has 0 aromatic carbocycles. The van der Waals surface area contributed by atoms with Gasteiger partial charge < -0.3 is 14.8 Å². The molecule has 0 saturated heterocycles. The van der Waals surface area contributed by atoms with Crippen molar-refractivity contribution in [2.45, 2.75) is 18.9 Å². The van der Waals surface area contributed by atoms with Gasteiger partial charge in [-0.1, -0.05) is 11.6 Å². The van der Waals surface area contributed by atoms with Crippen LogP contribution < -0.4 is 5.11 Å². The van der Waals surface area contributed by atoms with Crippen LogP contribution in [0.1, 0.15) is 13.3 Å². The molecule has 0 N–H and O–H groups in total. The number of amides is 1. The van der Waals surface area contributed by atoms with Crippen molar-refractivity contribution in [3.05, 3.63) is 23.4 Å². The maximum atomic E-state index is 11.3. The number of nitrogens with zero attached hydrogens (tertiary/aromatic N) is 2. The maximum absolute atomic E-state index is 11.3. The second kappa shape index (κ2) is 3.45. The van der Waals surface area contributed by atoms with Gasteiger partial charge in [0.15, 0.2) is 0 Å². The van der Waals surface area contributed by atoms with E-state index in [1.165, 1.54) is 24.1 Å². The number of carbonyl (C=O) groups excluding carboxylic acids is 2. The highest BCUT2D eigenvalue weighted by atomic mass is 35.5. The van der Waals surface area contributed by atoms with E-state index in [1.54, 1.807) is 6.08 Å². The van der Waals surface area contributed by atoms with Crippen molar-refractivity contribution < 1.29 is 14.7 Å². The summed E-state index contributed by atoms with van der Waals surface area (Å²) < 4.78 is 0. The number of halogens is 1. The molecule has 0 spiro atoms. The normalized spacial score (nSPS) is 28.4. The maximum Gasteiger partial charge on any atom is 0.250 e. The topological polar surface area (TPSA) is 72.8 Å². The second-order valence-corrected chi connectivity index (χ2v) is 4.26. The lowest BCUT2D eigenvalue weighted by Gasteiger charge is -2.43. The number of carboxylic acids is 1. The van der Waals surface area contributed by atoms with Crippen LogP contribution in [0.25, 0.3) is 0 Å². The zero-order valence-electron chi connectivity index (χ0n) is 8.44. The number of fused-ring (bicyclic) bond motifs is 1. The number of carbonyl (C=O) groups is 2. The van der Waals surface area contributed by atoms with Crippen molar-refractivity contribution in [1.29, 1.82) is 0 Å². The van der Waals surface area contributed by atoms with E-state index in [1.807, 2.05) is 0 Å². The monoisotopic (exact) mass is 239 g/mol. The van der Waals surface area contributed by atoms with Crippen molar-refractivity contribution in [3.8, 4) is 0 Å². The first kappa shape index (κ1) is 10.9. The number of aliphatic imine (C=N–C) groups is 1. The molecule has 2 aliphatic heterocycles. The molecule has 0 bridgehead atoms. The van der Waals surface area contributed by atoms with Gasteiger partial charge in [0.25, 0.3) is 0 Å². The standard InChI is InChI=1S/C10H9ClN2O3/c1-10(9(15)16)4-8(14)12-7-3-2-6(11)5-13(7)10/h2-3,5H,4H2,1H3,(H,15,16)/p-1/t10-/m0/s1. The minimum Gasteiger partial charge on any atom is -0.548 e. The van der Waals surface area contributed by atoms with Crippen LogP contribution in [0.15, 0.2) is 28.4 Å². The number of aliphatic carboxylic acids is 1. The molecule has 6 heteroatoms. The van der Waals surface area contributed by atoms with Gasteiger partial charge in [-0.2, -0.15) is 4.99 Å². The minimum absolute atomic E-state index is 0.229. The molecule has 2 rings (SSSR count). The molecular weight excluding hydrogens is 232 g/mol. The molecule has 1 atom stereocenters. The zero-order chi connectivity index (χ0) is 11.9. The van der Waals surface area contributed by atoms with Crippen LogP contribution in [0.4, 0.5) is 0 Å². The van der Waals surface area contributed by atoms with Gasteiger partial charge in [-0.3, -0.25) is 4.79 Å². The van der Waals surface area contributed by atoms with Gasteiger partial charge in [-0.25, -0.2) is 0 Å². The molecule has 0 aromatic rings. The number of hydrogen-bond acceptors (Lipinski definition) is 4. The van der Waals surface area contributed by atoms with E-state index in [2.05, 4.69) is 4.99 Å². The molecule has 2 heterocycles. The molecule has 1 amide bonds. The van der Waals surface area contributed by atoms with Crippen molar-refractivity contribution in [2.75, 3.05) is 0 Å². The van der Waals surface area contributed by atoms with E-state index in [9.17, 15) is 14.7 Å². The Balaban J connectivity index is 2.52. The van der Waals surface area contributed by atoms with E-state index < -0.39 is 17.4 Å². The van der Waals surface area contributed by atoms with Crippen molar-refractivity contribution in [1.82, 2.24) is 4.90 Å². The minimum atomic E-state index is -1.43. The third kappa shape index (κ3) is 1.53. The first-order chi connectivity index (χ1) is 7.43. The number of allylic oxidation sites excluding steroid dienone is 2. The summed E-state index contributed by atoms with van der Waals surface area (Å²) in [7, 11) is 0. The van der Waals surface area contributed by atoms with Gasteiger partial charge in [-0.15, -0.1) is 0 Å². The molecule has 0 saturated carbocycles. The summed E-state index contributed by atoms with van der Waals surface area (Å²) in [6.45, 7) is 1.41. The Hall–Kier alpha value is -1.62. The fourth-order valence-corrected chi connectivity index (χ4v) is 1.83. The SMILES string of the molecule is C[C@@]1(C(=O)[O-])CC(=O)N=C2C=CC(Cl)=CN21. The summed E-state index contributed by atoms with van der Waals surface area (Å²) >= 11 is 5.78. The molecule has 84 valence electrons. The van der Waals surface area contributed by atoms with E-state index >= 15 is 0 Å². The van der Waals surface area contributed by atoms with Crippen molar-refractivity contribution in [2.24, 2.45) is 4.99 Å². The van der Waals surface area contributed by atoms with Crippen LogP contribution in [0.2, 0.25) is 0 Å². The number of hydrogen-bond donors (Lipinski definition) is 0. The van der Waals surface area contributed by atoms with Gasteiger partial charge in [0.05, 0.1) is 23.0 Å². The highest BCUT2D eigenvalue weighted by molar-refractivity contribution is 6.32. The van der Waals surface area contributed by atoms with Crippen LogP contribution in [0.5, 0.6) is 0 Å². The van der Waals surface area contributed by atoms with Crippen LogP contribution in [0, 0.1) is 0 Å². The molecule has 0 radical (unpaired) electrons. The molecule has 0 aliphatic carbocycles. The molecule has 16 heavy (non-hydrogen) atoms. The summed E-state index contributed by atoms with van der Waals surface area (Å²) in [5.41, 5.74) is -1.43. The molecular formula is C10H8ClN2O3-. The lowest BCUT2D eigenvalue weighted by Crippen LogP contribution is -2.61. The summed E-state index contributed by atoms with van der Waals surface area (Å²) in [5, 5.41) is 11.5. The quantitative estimate of drug-likeness (QED) is 0.634. The first-order valence-electron chi connectivity index (χ1n) is 4.61. The fourth-order valence-electron chi connectivity index (χ4n) is 1.67. The van der Waals surface area contributed by atoms with Crippen LogP contribution >= 0.6 is 11.6 Å². The predicted molar refractivity (Wildman–Crippen MR) is 55.4 cm³/mol. The summed E-state index contributed by atoms with van der Waals surface area (Å²) in [5.74, 6) is -1.54. The Kier molecular flexibility index (Phi) is 2.35. The number of rotatable bonds is 1. The Morgan fingerprint density at radius 1 is 1.62 bits per heavy atom. The van der Waals surface area contributed by atoms with E-state index in [0.717, 1.165) is 0 Å². The van der Waals surface area contributed by atoms with Gasteiger partial charge in [0.1, 0.15) is 5.84 Å². The molecule has 5 nitrogen and oxygen atoms in total. The van der Waals surface area contributed by atoms with E-state index in [0.29, 0.717) is 5.03 Å². The first-order valence-corrected chi connectivity index (χ1v) is 4.99. The van der Waals surface area contributed by atoms with Crippen LogP contribution in [-0.4, -0.2) is 28.2 Å². The highest BCUT2D eigenvalue weighted by Crippen LogP contribution is 2.29. The predicted octanol–water partition coefficient (Wildman–Crippen LogP) is -0.224. The summed E-state index contributed by atoms with van der Waals surface area (Å²) in [6.07, 6.45) is 4.25. The van der Waals surface area contributed by atoms with Gasteiger partial charge >= 0.3 is 0 Å².